The predicted molar refractivity (Wildman–Crippen MR) is 78.3 cm³/mol. The molecule has 1 heterocycles. The minimum Gasteiger partial charge on any atom is -0.354 e. The third kappa shape index (κ3) is 6.25. The molecule has 1 aromatic heterocycles. The fourth-order valence-corrected chi connectivity index (χ4v) is 1.64. The zero-order valence-corrected chi connectivity index (χ0v) is 12.6. The van der Waals surface area contributed by atoms with Crippen LogP contribution in [0.2, 0.25) is 0 Å². The zero-order valence-electron chi connectivity index (χ0n) is 11.8. The van der Waals surface area contributed by atoms with Gasteiger partial charge in [-0.15, -0.1) is 0 Å². The molecule has 104 valence electrons. The molecule has 7 heteroatoms. The van der Waals surface area contributed by atoms with Gasteiger partial charge in [0.05, 0.1) is 6.07 Å². The number of rotatable bonds is 6. The van der Waals surface area contributed by atoms with Crippen LogP contribution >= 0.6 is 11.8 Å². The molecule has 0 saturated carbocycles. The molecule has 6 nitrogen and oxygen atoms in total. The molecule has 19 heavy (non-hydrogen) atoms. The third-order valence-corrected chi connectivity index (χ3v) is 2.58. The van der Waals surface area contributed by atoms with Crippen LogP contribution in [0.15, 0.2) is 5.16 Å². The second-order valence-corrected chi connectivity index (χ2v) is 5.81. The van der Waals surface area contributed by atoms with Gasteiger partial charge in [-0.25, -0.2) is 0 Å². The fourth-order valence-electron chi connectivity index (χ4n) is 1.29. The van der Waals surface area contributed by atoms with E-state index in [1.807, 2.05) is 6.26 Å². The maximum absolute atomic E-state index is 8.48. The second kappa shape index (κ2) is 7.14. The predicted octanol–water partition coefficient (Wildman–Crippen LogP) is 2.52. The van der Waals surface area contributed by atoms with Gasteiger partial charge in [0.2, 0.25) is 11.9 Å². The van der Waals surface area contributed by atoms with Crippen LogP contribution in [0, 0.1) is 11.3 Å². The smallest absolute Gasteiger partial charge is 0.228 e. The molecule has 0 fully saturated rings. The quantitative estimate of drug-likeness (QED) is 0.611. The number of thioether (sulfide) groups is 1. The van der Waals surface area contributed by atoms with E-state index in [9.17, 15) is 0 Å². The second-order valence-electron chi connectivity index (χ2n) is 5.03. The van der Waals surface area contributed by atoms with Crippen LogP contribution in [0.1, 0.15) is 33.6 Å². The van der Waals surface area contributed by atoms with E-state index in [-0.39, 0.29) is 5.54 Å². The summed E-state index contributed by atoms with van der Waals surface area (Å²) in [6.45, 7) is 6.83. The Kier molecular flexibility index (Phi) is 5.83. The maximum atomic E-state index is 8.48. The van der Waals surface area contributed by atoms with Crippen molar-refractivity contribution in [3.05, 3.63) is 0 Å². The van der Waals surface area contributed by atoms with E-state index in [1.165, 1.54) is 11.8 Å². The number of anilines is 2. The van der Waals surface area contributed by atoms with E-state index in [2.05, 4.69) is 52.4 Å². The van der Waals surface area contributed by atoms with Gasteiger partial charge in [0.15, 0.2) is 5.16 Å². The summed E-state index contributed by atoms with van der Waals surface area (Å²) in [4.78, 5) is 12.9. The molecular weight excluding hydrogens is 260 g/mol. The van der Waals surface area contributed by atoms with Gasteiger partial charge in [0, 0.05) is 18.5 Å². The van der Waals surface area contributed by atoms with E-state index >= 15 is 0 Å². The largest absolute Gasteiger partial charge is 0.354 e. The molecular formula is C12H20N6S. The van der Waals surface area contributed by atoms with Crippen molar-refractivity contribution in [3.8, 4) is 6.07 Å². The van der Waals surface area contributed by atoms with Gasteiger partial charge in [-0.05, 0) is 33.4 Å². The van der Waals surface area contributed by atoms with Gasteiger partial charge in [0.25, 0.3) is 0 Å². The molecule has 2 N–H and O–H groups in total. The van der Waals surface area contributed by atoms with Crippen molar-refractivity contribution in [1.29, 1.82) is 5.26 Å². The van der Waals surface area contributed by atoms with E-state index in [1.54, 1.807) is 0 Å². The summed E-state index contributed by atoms with van der Waals surface area (Å²) >= 11 is 1.47. The summed E-state index contributed by atoms with van der Waals surface area (Å²) in [5.41, 5.74) is -0.102. The molecule has 0 aliphatic rings. The lowest BCUT2D eigenvalue weighted by atomic mass is 10.1. The molecule has 0 atom stereocenters. The Bertz CT molecular complexity index is 449. The minimum atomic E-state index is -0.102. The Morgan fingerprint density at radius 1 is 1.21 bits per heavy atom. The number of hydrogen-bond acceptors (Lipinski definition) is 7. The van der Waals surface area contributed by atoms with Gasteiger partial charge < -0.3 is 10.6 Å². The van der Waals surface area contributed by atoms with Gasteiger partial charge in [-0.2, -0.15) is 20.2 Å². The molecule has 0 aliphatic carbocycles. The standard InChI is InChI=1S/C12H20N6S/c1-12(2,3)18-10-15-9(14-8-6-5-7-13)16-11(17-10)19-4/h5-6,8H2,1-4H3,(H2,14,15,16,17,18). The molecule has 0 unspecified atom stereocenters. The normalized spacial score (nSPS) is 10.9. The Hall–Kier alpha value is -1.55. The molecule has 0 saturated heterocycles. The summed E-state index contributed by atoms with van der Waals surface area (Å²) in [6, 6.07) is 2.11. The van der Waals surface area contributed by atoms with Crippen molar-refractivity contribution >= 4 is 23.7 Å². The maximum Gasteiger partial charge on any atom is 0.228 e. The van der Waals surface area contributed by atoms with Crippen molar-refractivity contribution in [3.63, 3.8) is 0 Å². The molecule has 1 aromatic rings. The number of aromatic nitrogens is 3. The summed E-state index contributed by atoms with van der Waals surface area (Å²) in [7, 11) is 0. The van der Waals surface area contributed by atoms with Gasteiger partial charge in [0.1, 0.15) is 0 Å². The Labute approximate surface area is 118 Å². The van der Waals surface area contributed by atoms with Crippen LogP contribution in [-0.2, 0) is 0 Å². The molecule has 0 spiro atoms. The first-order valence-corrected chi connectivity index (χ1v) is 7.36. The topological polar surface area (TPSA) is 86.5 Å². The zero-order chi connectivity index (χ0) is 14.3. The van der Waals surface area contributed by atoms with Gasteiger partial charge in [-0.1, -0.05) is 11.8 Å². The van der Waals surface area contributed by atoms with Crippen molar-refractivity contribution in [1.82, 2.24) is 15.0 Å². The van der Waals surface area contributed by atoms with Crippen LogP contribution in [0.25, 0.3) is 0 Å². The lowest BCUT2D eigenvalue weighted by Gasteiger charge is -2.20. The fraction of sp³-hybridized carbons (Fsp3) is 0.667. The lowest BCUT2D eigenvalue weighted by Crippen LogP contribution is -2.27. The van der Waals surface area contributed by atoms with E-state index in [0.717, 1.165) is 6.42 Å². The molecule has 0 bridgehead atoms. The van der Waals surface area contributed by atoms with Crippen molar-refractivity contribution in [2.75, 3.05) is 23.4 Å². The van der Waals surface area contributed by atoms with Gasteiger partial charge >= 0.3 is 0 Å². The van der Waals surface area contributed by atoms with Gasteiger partial charge in [-0.3, -0.25) is 0 Å². The molecule has 0 aliphatic heterocycles. The third-order valence-electron chi connectivity index (χ3n) is 2.03. The monoisotopic (exact) mass is 280 g/mol. The van der Waals surface area contributed by atoms with Crippen molar-refractivity contribution < 1.29 is 0 Å². The minimum absolute atomic E-state index is 0.102. The number of nitrogens with one attached hydrogen (secondary N) is 2. The highest BCUT2D eigenvalue weighted by Gasteiger charge is 2.13. The summed E-state index contributed by atoms with van der Waals surface area (Å²) in [5.74, 6) is 1.11. The average molecular weight is 280 g/mol. The Morgan fingerprint density at radius 2 is 1.89 bits per heavy atom. The van der Waals surface area contributed by atoms with E-state index in [4.69, 9.17) is 5.26 Å². The van der Waals surface area contributed by atoms with E-state index < -0.39 is 0 Å². The summed E-state index contributed by atoms with van der Waals surface area (Å²) < 4.78 is 0. The van der Waals surface area contributed by atoms with Crippen LogP contribution in [0.5, 0.6) is 0 Å². The number of hydrogen-bond donors (Lipinski definition) is 2. The lowest BCUT2D eigenvalue weighted by molar-refractivity contribution is 0.622. The number of nitriles is 1. The SMILES string of the molecule is CSc1nc(NCCCC#N)nc(NC(C)(C)C)n1. The first-order chi connectivity index (χ1) is 8.94. The average Bonchev–Trinajstić information content (AvgIpc) is 2.32. The highest BCUT2D eigenvalue weighted by molar-refractivity contribution is 7.98. The highest BCUT2D eigenvalue weighted by Crippen LogP contribution is 2.16. The molecule has 1 rings (SSSR count). The molecule has 0 amide bonds. The highest BCUT2D eigenvalue weighted by atomic mass is 32.2. The summed E-state index contributed by atoms with van der Waals surface area (Å²) in [6.07, 6.45) is 3.23. The molecule has 0 radical (unpaired) electrons. The van der Waals surface area contributed by atoms with Crippen LogP contribution < -0.4 is 10.6 Å². The van der Waals surface area contributed by atoms with E-state index in [0.29, 0.717) is 30.0 Å². The van der Waals surface area contributed by atoms with Crippen molar-refractivity contribution in [2.24, 2.45) is 0 Å². The summed E-state index contributed by atoms with van der Waals surface area (Å²) in [5, 5.41) is 15.5. The Balaban J connectivity index is 2.75. The first-order valence-electron chi connectivity index (χ1n) is 6.13. The first kappa shape index (κ1) is 15.5. The number of unbranched alkanes of at least 4 members (excludes halogenated alkanes) is 1. The van der Waals surface area contributed by atoms with Crippen LogP contribution in [-0.4, -0.2) is 33.3 Å². The Morgan fingerprint density at radius 3 is 2.47 bits per heavy atom. The van der Waals surface area contributed by atoms with Crippen molar-refractivity contribution in [2.45, 2.75) is 44.3 Å². The van der Waals surface area contributed by atoms with Crippen LogP contribution in [0.4, 0.5) is 11.9 Å². The molecule has 0 aromatic carbocycles. The van der Waals surface area contributed by atoms with Crippen LogP contribution in [0.3, 0.4) is 0 Å². The number of nitrogens with zero attached hydrogens (tertiary/aromatic N) is 4.